The summed E-state index contributed by atoms with van der Waals surface area (Å²) in [6.45, 7) is 3.39. The van der Waals surface area contributed by atoms with E-state index < -0.39 is 20.0 Å². The first-order valence-electron chi connectivity index (χ1n) is 9.55. The van der Waals surface area contributed by atoms with E-state index in [-0.39, 0.29) is 34.8 Å². The van der Waals surface area contributed by atoms with Gasteiger partial charge >= 0.3 is 0 Å². The zero-order valence-electron chi connectivity index (χ0n) is 16.7. The smallest absolute Gasteiger partial charge is 0.243 e. The number of amides is 1. The van der Waals surface area contributed by atoms with Gasteiger partial charge < -0.3 is 9.64 Å². The molecule has 3 rings (SSSR count). The van der Waals surface area contributed by atoms with Crippen molar-refractivity contribution in [2.75, 3.05) is 46.4 Å². The Balaban J connectivity index is 1.71. The molecule has 1 aromatic carbocycles. The minimum Gasteiger partial charge on any atom is -0.379 e. The standard InChI is InChI=1S/C18H27N3O6S2/c1-15(22)19(2)16-7-9-20(10-8-16)28(23,24)17-3-5-18(6-4-17)29(25,26)21-11-13-27-14-12-21/h3-6,16H,7-14H2,1-2H3. The van der Waals surface area contributed by atoms with Crippen molar-refractivity contribution in [3.05, 3.63) is 24.3 Å². The van der Waals surface area contributed by atoms with Crippen LogP contribution in [0.5, 0.6) is 0 Å². The lowest BCUT2D eigenvalue weighted by molar-refractivity contribution is -0.130. The van der Waals surface area contributed by atoms with Gasteiger partial charge in [-0.3, -0.25) is 4.79 Å². The predicted molar refractivity (Wildman–Crippen MR) is 106 cm³/mol. The number of sulfonamides is 2. The molecule has 0 atom stereocenters. The highest BCUT2D eigenvalue weighted by atomic mass is 32.2. The molecule has 162 valence electrons. The van der Waals surface area contributed by atoms with Crippen LogP contribution in [-0.4, -0.2) is 88.7 Å². The molecule has 2 aliphatic heterocycles. The average molecular weight is 446 g/mol. The summed E-state index contributed by atoms with van der Waals surface area (Å²) in [6, 6.07) is 5.40. The molecule has 29 heavy (non-hydrogen) atoms. The van der Waals surface area contributed by atoms with Crippen molar-refractivity contribution < 1.29 is 26.4 Å². The van der Waals surface area contributed by atoms with E-state index in [1.54, 1.807) is 11.9 Å². The zero-order chi connectivity index (χ0) is 21.2. The summed E-state index contributed by atoms with van der Waals surface area (Å²) < 4.78 is 59.1. The third-order valence-electron chi connectivity index (χ3n) is 5.54. The van der Waals surface area contributed by atoms with Gasteiger partial charge in [0.1, 0.15) is 0 Å². The summed E-state index contributed by atoms with van der Waals surface area (Å²) >= 11 is 0. The van der Waals surface area contributed by atoms with E-state index >= 15 is 0 Å². The molecule has 2 aliphatic rings. The molecule has 0 radical (unpaired) electrons. The predicted octanol–water partition coefficient (Wildman–Crippen LogP) is 0.339. The molecule has 2 fully saturated rings. The number of hydrogen-bond donors (Lipinski definition) is 0. The number of piperidine rings is 1. The van der Waals surface area contributed by atoms with Crippen molar-refractivity contribution in [1.82, 2.24) is 13.5 Å². The second kappa shape index (κ2) is 8.68. The maximum absolute atomic E-state index is 12.9. The molecule has 0 unspecified atom stereocenters. The highest BCUT2D eigenvalue weighted by molar-refractivity contribution is 7.89. The van der Waals surface area contributed by atoms with E-state index in [0.29, 0.717) is 39.1 Å². The fourth-order valence-corrected chi connectivity index (χ4v) is 6.47. The Kier molecular flexibility index (Phi) is 6.64. The number of nitrogens with zero attached hydrogens (tertiary/aromatic N) is 3. The summed E-state index contributed by atoms with van der Waals surface area (Å²) in [4.78, 5) is 13.3. The van der Waals surface area contributed by atoms with Gasteiger partial charge in [-0.2, -0.15) is 8.61 Å². The van der Waals surface area contributed by atoms with Crippen LogP contribution in [0.3, 0.4) is 0 Å². The Labute approximate surface area is 172 Å². The van der Waals surface area contributed by atoms with Crippen LogP contribution < -0.4 is 0 Å². The molecule has 1 aromatic rings. The number of benzene rings is 1. The number of hydrogen-bond acceptors (Lipinski definition) is 6. The summed E-state index contributed by atoms with van der Waals surface area (Å²) in [7, 11) is -5.66. The topological polar surface area (TPSA) is 104 Å². The molecule has 2 saturated heterocycles. The van der Waals surface area contributed by atoms with Gasteiger partial charge in [0.05, 0.1) is 23.0 Å². The first-order valence-corrected chi connectivity index (χ1v) is 12.4. The third kappa shape index (κ3) is 4.64. The Bertz CT molecular complexity index is 932. The van der Waals surface area contributed by atoms with Crippen molar-refractivity contribution >= 4 is 26.0 Å². The molecule has 11 heteroatoms. The second-order valence-electron chi connectivity index (χ2n) is 7.25. The van der Waals surface area contributed by atoms with E-state index in [1.807, 2.05) is 0 Å². The first-order chi connectivity index (χ1) is 13.6. The summed E-state index contributed by atoms with van der Waals surface area (Å²) in [6.07, 6.45) is 1.14. The average Bonchev–Trinajstić information content (AvgIpc) is 2.74. The lowest BCUT2D eigenvalue weighted by Gasteiger charge is -2.35. The van der Waals surface area contributed by atoms with Gasteiger partial charge in [-0.1, -0.05) is 0 Å². The van der Waals surface area contributed by atoms with Crippen molar-refractivity contribution in [3.8, 4) is 0 Å². The Morgan fingerprint density at radius 1 is 0.897 bits per heavy atom. The Morgan fingerprint density at radius 2 is 1.31 bits per heavy atom. The zero-order valence-corrected chi connectivity index (χ0v) is 18.3. The van der Waals surface area contributed by atoms with Crippen molar-refractivity contribution in [2.45, 2.75) is 35.6 Å². The van der Waals surface area contributed by atoms with E-state index in [1.165, 1.54) is 39.8 Å². The number of carbonyl (C=O) groups is 1. The summed E-state index contributed by atoms with van der Waals surface area (Å²) in [5, 5.41) is 0. The quantitative estimate of drug-likeness (QED) is 0.647. The fourth-order valence-electron chi connectivity index (χ4n) is 3.60. The van der Waals surface area contributed by atoms with Gasteiger partial charge in [0.25, 0.3) is 0 Å². The van der Waals surface area contributed by atoms with Gasteiger partial charge in [-0.15, -0.1) is 0 Å². The number of ether oxygens (including phenoxy) is 1. The maximum atomic E-state index is 12.9. The Hall–Kier alpha value is -1.53. The van der Waals surface area contributed by atoms with E-state index in [9.17, 15) is 21.6 Å². The van der Waals surface area contributed by atoms with Gasteiger partial charge in [-0.05, 0) is 37.1 Å². The lowest BCUT2D eigenvalue weighted by atomic mass is 10.1. The van der Waals surface area contributed by atoms with Crippen LogP contribution in [0.15, 0.2) is 34.1 Å². The lowest BCUT2D eigenvalue weighted by Crippen LogP contribution is -2.46. The minimum absolute atomic E-state index is 0.0278. The summed E-state index contributed by atoms with van der Waals surface area (Å²) in [5.41, 5.74) is 0. The molecule has 0 aromatic heterocycles. The van der Waals surface area contributed by atoms with Gasteiger partial charge in [0.2, 0.25) is 26.0 Å². The fraction of sp³-hybridized carbons (Fsp3) is 0.611. The van der Waals surface area contributed by atoms with Gasteiger partial charge in [0.15, 0.2) is 0 Å². The minimum atomic E-state index is -3.72. The van der Waals surface area contributed by atoms with Crippen LogP contribution in [-0.2, 0) is 29.6 Å². The van der Waals surface area contributed by atoms with E-state index in [0.717, 1.165) is 0 Å². The largest absolute Gasteiger partial charge is 0.379 e. The van der Waals surface area contributed by atoms with E-state index in [4.69, 9.17) is 4.74 Å². The second-order valence-corrected chi connectivity index (χ2v) is 11.1. The molecule has 0 bridgehead atoms. The van der Waals surface area contributed by atoms with Crippen LogP contribution in [0.1, 0.15) is 19.8 Å². The maximum Gasteiger partial charge on any atom is 0.243 e. The van der Waals surface area contributed by atoms with Crippen LogP contribution in [0.4, 0.5) is 0 Å². The third-order valence-corrected chi connectivity index (χ3v) is 9.36. The molecule has 0 N–H and O–H groups in total. The molecular weight excluding hydrogens is 418 g/mol. The first kappa shape index (κ1) is 22.2. The number of morpholine rings is 1. The Morgan fingerprint density at radius 3 is 1.72 bits per heavy atom. The molecule has 0 saturated carbocycles. The molecule has 0 aliphatic carbocycles. The highest BCUT2D eigenvalue weighted by Gasteiger charge is 2.32. The van der Waals surface area contributed by atoms with Crippen LogP contribution in [0, 0.1) is 0 Å². The normalized spacial score (nSPS) is 20.5. The monoisotopic (exact) mass is 445 g/mol. The SMILES string of the molecule is CC(=O)N(C)C1CCN(S(=O)(=O)c2ccc(S(=O)(=O)N3CCOCC3)cc2)CC1. The summed E-state index contributed by atoms with van der Waals surface area (Å²) in [5.74, 6) is -0.0385. The number of rotatable bonds is 5. The van der Waals surface area contributed by atoms with Gasteiger partial charge in [-0.25, -0.2) is 16.8 Å². The molecule has 0 spiro atoms. The molecular formula is C18H27N3O6S2. The molecule has 9 nitrogen and oxygen atoms in total. The van der Waals surface area contributed by atoms with Crippen LogP contribution in [0.2, 0.25) is 0 Å². The van der Waals surface area contributed by atoms with Crippen molar-refractivity contribution in [1.29, 1.82) is 0 Å². The molecule has 1 amide bonds. The van der Waals surface area contributed by atoms with Crippen LogP contribution in [0.25, 0.3) is 0 Å². The van der Waals surface area contributed by atoms with Crippen LogP contribution >= 0.6 is 0 Å². The van der Waals surface area contributed by atoms with E-state index in [2.05, 4.69) is 0 Å². The highest BCUT2D eigenvalue weighted by Crippen LogP contribution is 2.25. The van der Waals surface area contributed by atoms with Gasteiger partial charge in [0, 0.05) is 46.2 Å². The van der Waals surface area contributed by atoms with Crippen molar-refractivity contribution in [2.24, 2.45) is 0 Å². The van der Waals surface area contributed by atoms with Crippen molar-refractivity contribution in [3.63, 3.8) is 0 Å². The number of carbonyl (C=O) groups excluding carboxylic acids is 1. The molecule has 2 heterocycles.